The van der Waals surface area contributed by atoms with E-state index < -0.39 is 0 Å². The summed E-state index contributed by atoms with van der Waals surface area (Å²) in [5.74, 6) is 2.45. The number of ether oxygens (including phenoxy) is 1. The third-order valence-corrected chi connectivity index (χ3v) is 1.76. The topological polar surface area (TPSA) is 9.23 Å². The van der Waals surface area contributed by atoms with Crippen LogP contribution in [0.5, 0.6) is 0 Å². The standard InChI is InChI=1S/C10H12O/c1-3-7-11-10-6-5-9(4-2)8-10/h1,4,8,10H,2,5-7H2/t10-/m1/s1. The first-order valence-electron chi connectivity index (χ1n) is 3.75. The van der Waals surface area contributed by atoms with E-state index in [1.165, 1.54) is 5.57 Å². The molecule has 1 heteroatoms. The Kier molecular flexibility index (Phi) is 2.95. The fourth-order valence-electron chi connectivity index (χ4n) is 1.17. The van der Waals surface area contributed by atoms with Crippen molar-refractivity contribution in [3.05, 3.63) is 24.3 Å². The van der Waals surface area contributed by atoms with Crippen LogP contribution in [0.1, 0.15) is 12.8 Å². The summed E-state index contributed by atoms with van der Waals surface area (Å²) in [7, 11) is 0. The lowest BCUT2D eigenvalue weighted by Crippen LogP contribution is -2.05. The maximum absolute atomic E-state index is 5.32. The van der Waals surface area contributed by atoms with Crippen LogP contribution in [0.25, 0.3) is 0 Å². The van der Waals surface area contributed by atoms with E-state index in [1.807, 2.05) is 6.08 Å². The Morgan fingerprint density at radius 3 is 3.27 bits per heavy atom. The minimum absolute atomic E-state index is 0.221. The van der Waals surface area contributed by atoms with Crippen LogP contribution in [-0.2, 0) is 4.74 Å². The Morgan fingerprint density at radius 1 is 1.91 bits per heavy atom. The van der Waals surface area contributed by atoms with Crippen molar-refractivity contribution in [2.45, 2.75) is 18.9 Å². The van der Waals surface area contributed by atoms with Gasteiger partial charge in [-0.2, -0.15) is 0 Å². The van der Waals surface area contributed by atoms with Gasteiger partial charge < -0.3 is 4.74 Å². The first-order chi connectivity index (χ1) is 5.36. The summed E-state index contributed by atoms with van der Waals surface area (Å²) < 4.78 is 5.32. The van der Waals surface area contributed by atoms with Crippen LogP contribution in [0.2, 0.25) is 0 Å². The lowest BCUT2D eigenvalue weighted by molar-refractivity contribution is 0.113. The van der Waals surface area contributed by atoms with E-state index in [4.69, 9.17) is 11.2 Å². The van der Waals surface area contributed by atoms with Crippen LogP contribution in [0.15, 0.2) is 24.3 Å². The summed E-state index contributed by atoms with van der Waals surface area (Å²) in [6.07, 6.45) is 11.4. The van der Waals surface area contributed by atoms with E-state index >= 15 is 0 Å². The molecule has 0 N–H and O–H groups in total. The molecule has 0 aliphatic heterocycles. The second-order valence-corrected chi connectivity index (χ2v) is 2.54. The Labute approximate surface area is 67.8 Å². The fraction of sp³-hybridized carbons (Fsp3) is 0.400. The molecule has 1 rings (SSSR count). The van der Waals surface area contributed by atoms with Crippen LogP contribution in [0.3, 0.4) is 0 Å². The summed E-state index contributed by atoms with van der Waals surface area (Å²) >= 11 is 0. The molecule has 1 nitrogen and oxygen atoms in total. The van der Waals surface area contributed by atoms with Crippen LogP contribution in [0.4, 0.5) is 0 Å². The molecule has 0 spiro atoms. The zero-order chi connectivity index (χ0) is 8.10. The molecule has 0 amide bonds. The molecule has 1 aliphatic rings. The molecule has 0 unspecified atom stereocenters. The van der Waals surface area contributed by atoms with Crippen LogP contribution >= 0.6 is 0 Å². The minimum atomic E-state index is 0.221. The Bertz CT molecular complexity index is 207. The molecule has 0 aromatic carbocycles. The van der Waals surface area contributed by atoms with Crippen molar-refractivity contribution in [2.24, 2.45) is 0 Å². The highest BCUT2D eigenvalue weighted by atomic mass is 16.5. The highest BCUT2D eigenvalue weighted by Crippen LogP contribution is 2.21. The molecule has 0 heterocycles. The number of hydrogen-bond acceptors (Lipinski definition) is 1. The normalized spacial score (nSPS) is 22.5. The smallest absolute Gasteiger partial charge is 0.108 e. The average molecular weight is 148 g/mol. The molecule has 0 radical (unpaired) electrons. The quantitative estimate of drug-likeness (QED) is 0.555. The number of allylic oxidation sites excluding steroid dienone is 2. The summed E-state index contributed by atoms with van der Waals surface area (Å²) in [6.45, 7) is 4.10. The van der Waals surface area contributed by atoms with Gasteiger partial charge in [0.05, 0.1) is 6.10 Å². The van der Waals surface area contributed by atoms with E-state index in [-0.39, 0.29) is 6.10 Å². The van der Waals surface area contributed by atoms with Gasteiger partial charge in [0.25, 0.3) is 0 Å². The Hall–Kier alpha value is -1.00. The third-order valence-electron chi connectivity index (χ3n) is 1.76. The number of terminal acetylenes is 1. The van der Waals surface area contributed by atoms with Crippen molar-refractivity contribution in [3.63, 3.8) is 0 Å². The average Bonchev–Trinajstić information content (AvgIpc) is 2.48. The minimum Gasteiger partial charge on any atom is -0.361 e. The Morgan fingerprint density at radius 2 is 2.73 bits per heavy atom. The molecule has 0 fully saturated rings. The monoisotopic (exact) mass is 148 g/mol. The molecule has 0 saturated carbocycles. The molecule has 0 saturated heterocycles. The molecule has 1 aliphatic carbocycles. The van der Waals surface area contributed by atoms with E-state index in [0.717, 1.165) is 12.8 Å². The van der Waals surface area contributed by atoms with E-state index in [1.54, 1.807) is 0 Å². The molecular weight excluding hydrogens is 136 g/mol. The number of hydrogen-bond donors (Lipinski definition) is 0. The van der Waals surface area contributed by atoms with Gasteiger partial charge >= 0.3 is 0 Å². The van der Waals surface area contributed by atoms with Gasteiger partial charge in [0, 0.05) is 0 Å². The highest BCUT2D eigenvalue weighted by Gasteiger charge is 2.13. The molecule has 0 bridgehead atoms. The molecule has 0 aromatic heterocycles. The van der Waals surface area contributed by atoms with Crippen molar-refractivity contribution in [1.82, 2.24) is 0 Å². The fourth-order valence-corrected chi connectivity index (χ4v) is 1.17. The van der Waals surface area contributed by atoms with Crippen LogP contribution < -0.4 is 0 Å². The van der Waals surface area contributed by atoms with E-state index in [2.05, 4.69) is 18.6 Å². The predicted molar refractivity (Wildman–Crippen MR) is 46.1 cm³/mol. The SMILES string of the molecule is C#CCO[C@H]1C=C(C=C)CC1. The maximum atomic E-state index is 5.32. The first-order valence-corrected chi connectivity index (χ1v) is 3.75. The zero-order valence-corrected chi connectivity index (χ0v) is 6.55. The second kappa shape index (κ2) is 4.00. The van der Waals surface area contributed by atoms with Crippen molar-refractivity contribution in [1.29, 1.82) is 0 Å². The second-order valence-electron chi connectivity index (χ2n) is 2.54. The summed E-state index contributed by atoms with van der Waals surface area (Å²) in [4.78, 5) is 0. The van der Waals surface area contributed by atoms with Gasteiger partial charge in [-0.25, -0.2) is 0 Å². The van der Waals surface area contributed by atoms with Crippen LogP contribution in [0, 0.1) is 12.3 Å². The van der Waals surface area contributed by atoms with Gasteiger partial charge in [-0.05, 0) is 18.4 Å². The summed E-state index contributed by atoms with van der Waals surface area (Å²) in [5, 5.41) is 0. The van der Waals surface area contributed by atoms with E-state index in [9.17, 15) is 0 Å². The van der Waals surface area contributed by atoms with Crippen molar-refractivity contribution >= 4 is 0 Å². The Balaban J connectivity index is 2.35. The lowest BCUT2D eigenvalue weighted by atomic mass is 10.2. The summed E-state index contributed by atoms with van der Waals surface area (Å²) in [6, 6.07) is 0. The van der Waals surface area contributed by atoms with Gasteiger partial charge in [-0.15, -0.1) is 6.42 Å². The van der Waals surface area contributed by atoms with Gasteiger partial charge in [0.15, 0.2) is 0 Å². The van der Waals surface area contributed by atoms with Crippen LogP contribution in [-0.4, -0.2) is 12.7 Å². The van der Waals surface area contributed by atoms with Gasteiger partial charge in [-0.1, -0.05) is 24.7 Å². The van der Waals surface area contributed by atoms with Gasteiger partial charge in [-0.3, -0.25) is 0 Å². The maximum Gasteiger partial charge on any atom is 0.108 e. The molecule has 1 atom stereocenters. The van der Waals surface area contributed by atoms with E-state index in [0.29, 0.717) is 6.61 Å². The molecule has 0 aromatic rings. The lowest BCUT2D eigenvalue weighted by Gasteiger charge is -2.04. The van der Waals surface area contributed by atoms with Crippen molar-refractivity contribution < 1.29 is 4.74 Å². The summed E-state index contributed by atoms with van der Waals surface area (Å²) in [5.41, 5.74) is 1.27. The molecule has 11 heavy (non-hydrogen) atoms. The first kappa shape index (κ1) is 8.10. The zero-order valence-electron chi connectivity index (χ0n) is 6.55. The molecule has 58 valence electrons. The highest BCUT2D eigenvalue weighted by molar-refractivity contribution is 5.22. The van der Waals surface area contributed by atoms with Crippen molar-refractivity contribution in [3.8, 4) is 12.3 Å². The predicted octanol–water partition coefficient (Wildman–Crippen LogP) is 1.91. The third kappa shape index (κ3) is 2.25. The van der Waals surface area contributed by atoms with Gasteiger partial charge in [0.2, 0.25) is 0 Å². The van der Waals surface area contributed by atoms with Crippen molar-refractivity contribution in [2.75, 3.05) is 6.61 Å². The number of rotatable bonds is 3. The van der Waals surface area contributed by atoms with Gasteiger partial charge in [0.1, 0.15) is 6.61 Å². The molecular formula is C10H12O. The largest absolute Gasteiger partial charge is 0.361 e.